The molecular formula is C13H14N2O3. The third kappa shape index (κ3) is 2.68. The molecule has 94 valence electrons. The Kier molecular flexibility index (Phi) is 3.62. The number of nitrogens with zero attached hydrogens (tertiary/aromatic N) is 1. The molecule has 1 aromatic carbocycles. The molecule has 0 aliphatic carbocycles. The van der Waals surface area contributed by atoms with Crippen LogP contribution in [0.2, 0.25) is 0 Å². The fourth-order valence-corrected chi connectivity index (χ4v) is 1.52. The van der Waals surface area contributed by atoms with Gasteiger partial charge in [-0.1, -0.05) is 6.92 Å². The van der Waals surface area contributed by atoms with Gasteiger partial charge in [-0.2, -0.15) is 5.10 Å². The zero-order valence-electron chi connectivity index (χ0n) is 10.0. The van der Waals surface area contributed by atoms with Crippen LogP contribution in [0.3, 0.4) is 0 Å². The average Bonchev–Trinajstić information content (AvgIpc) is 2.87. The van der Waals surface area contributed by atoms with Gasteiger partial charge in [0.1, 0.15) is 11.4 Å². The largest absolute Gasteiger partial charge is 0.494 e. The number of hydrogen-bond donors (Lipinski definition) is 2. The highest BCUT2D eigenvalue weighted by Gasteiger charge is 2.08. The van der Waals surface area contributed by atoms with Crippen molar-refractivity contribution in [3.63, 3.8) is 0 Å². The normalized spacial score (nSPS) is 10.3. The third-order valence-corrected chi connectivity index (χ3v) is 2.43. The minimum absolute atomic E-state index is 0.0799. The SMILES string of the molecule is CCCOc1ccc(-c2cc(C(=O)O)[nH]n2)cc1. The van der Waals surface area contributed by atoms with Crippen molar-refractivity contribution < 1.29 is 14.6 Å². The molecule has 0 aliphatic heterocycles. The maximum atomic E-state index is 10.7. The number of hydrogen-bond acceptors (Lipinski definition) is 3. The molecule has 1 aromatic heterocycles. The van der Waals surface area contributed by atoms with E-state index in [1.54, 1.807) is 0 Å². The number of rotatable bonds is 5. The van der Waals surface area contributed by atoms with Crippen molar-refractivity contribution in [3.05, 3.63) is 36.0 Å². The third-order valence-electron chi connectivity index (χ3n) is 2.43. The molecule has 0 atom stereocenters. The second-order valence-electron chi connectivity index (χ2n) is 3.84. The summed E-state index contributed by atoms with van der Waals surface area (Å²) in [6.07, 6.45) is 0.961. The zero-order chi connectivity index (χ0) is 13.0. The van der Waals surface area contributed by atoms with Gasteiger partial charge in [0.15, 0.2) is 0 Å². The van der Waals surface area contributed by atoms with Crippen LogP contribution in [0.25, 0.3) is 11.3 Å². The predicted octanol–water partition coefficient (Wildman–Crippen LogP) is 2.56. The van der Waals surface area contributed by atoms with Crippen molar-refractivity contribution in [1.29, 1.82) is 0 Å². The van der Waals surface area contributed by atoms with E-state index in [2.05, 4.69) is 10.2 Å². The summed E-state index contributed by atoms with van der Waals surface area (Å²) < 4.78 is 5.47. The maximum absolute atomic E-state index is 10.7. The molecule has 0 saturated heterocycles. The number of aromatic nitrogens is 2. The van der Waals surface area contributed by atoms with E-state index in [0.717, 1.165) is 17.7 Å². The summed E-state index contributed by atoms with van der Waals surface area (Å²) in [5.74, 6) is -0.216. The molecule has 0 spiro atoms. The molecule has 2 aromatic rings. The first kappa shape index (κ1) is 12.2. The quantitative estimate of drug-likeness (QED) is 0.850. The van der Waals surface area contributed by atoms with Crippen LogP contribution in [0.1, 0.15) is 23.8 Å². The van der Waals surface area contributed by atoms with Crippen LogP contribution >= 0.6 is 0 Å². The molecule has 5 nitrogen and oxygen atoms in total. The molecule has 2 rings (SSSR count). The van der Waals surface area contributed by atoms with Crippen molar-refractivity contribution >= 4 is 5.97 Å². The van der Waals surface area contributed by atoms with E-state index in [4.69, 9.17) is 9.84 Å². The fourth-order valence-electron chi connectivity index (χ4n) is 1.52. The molecule has 0 aliphatic rings. The number of carboxylic acids is 1. The summed E-state index contributed by atoms with van der Waals surface area (Å²) in [6.45, 7) is 2.73. The summed E-state index contributed by atoms with van der Waals surface area (Å²) in [5.41, 5.74) is 1.54. The molecule has 0 amide bonds. The summed E-state index contributed by atoms with van der Waals surface area (Å²) in [5, 5.41) is 15.2. The summed E-state index contributed by atoms with van der Waals surface area (Å²) >= 11 is 0. The Morgan fingerprint density at radius 1 is 1.39 bits per heavy atom. The van der Waals surface area contributed by atoms with E-state index in [1.165, 1.54) is 6.07 Å². The first-order valence-electron chi connectivity index (χ1n) is 5.72. The van der Waals surface area contributed by atoms with Crippen LogP contribution in [0.4, 0.5) is 0 Å². The Hall–Kier alpha value is -2.30. The van der Waals surface area contributed by atoms with Gasteiger partial charge in [-0.05, 0) is 36.8 Å². The minimum atomic E-state index is -1.02. The standard InChI is InChI=1S/C13H14N2O3/c1-2-7-18-10-5-3-9(4-6-10)11-8-12(13(16)17)15-14-11/h3-6,8H,2,7H2,1H3,(H,14,15)(H,16,17). The van der Waals surface area contributed by atoms with E-state index in [0.29, 0.717) is 12.3 Å². The van der Waals surface area contributed by atoms with Crippen LogP contribution in [-0.2, 0) is 0 Å². The number of benzene rings is 1. The van der Waals surface area contributed by atoms with Gasteiger partial charge < -0.3 is 9.84 Å². The molecule has 2 N–H and O–H groups in total. The first-order valence-corrected chi connectivity index (χ1v) is 5.72. The first-order chi connectivity index (χ1) is 8.70. The average molecular weight is 246 g/mol. The van der Waals surface area contributed by atoms with E-state index >= 15 is 0 Å². The number of carbonyl (C=O) groups is 1. The Bertz CT molecular complexity index is 531. The van der Waals surface area contributed by atoms with Gasteiger partial charge >= 0.3 is 5.97 Å². The van der Waals surface area contributed by atoms with Gasteiger partial charge in [0.25, 0.3) is 0 Å². The van der Waals surface area contributed by atoms with Crippen molar-refractivity contribution in [1.82, 2.24) is 10.2 Å². The van der Waals surface area contributed by atoms with Crippen molar-refractivity contribution in [2.45, 2.75) is 13.3 Å². The Labute approximate surface area is 104 Å². The lowest BCUT2D eigenvalue weighted by Crippen LogP contribution is -1.95. The number of aromatic carboxylic acids is 1. The van der Waals surface area contributed by atoms with Gasteiger partial charge in [-0.15, -0.1) is 0 Å². The predicted molar refractivity (Wildman–Crippen MR) is 66.8 cm³/mol. The molecule has 0 bridgehead atoms. The number of carboxylic acid groups (broad SMARTS) is 1. The van der Waals surface area contributed by atoms with E-state index in [-0.39, 0.29) is 5.69 Å². The number of nitrogens with one attached hydrogen (secondary N) is 1. The smallest absolute Gasteiger partial charge is 0.353 e. The van der Waals surface area contributed by atoms with Gasteiger partial charge in [-0.3, -0.25) is 5.10 Å². The van der Waals surface area contributed by atoms with E-state index in [1.807, 2.05) is 31.2 Å². The highest BCUT2D eigenvalue weighted by Crippen LogP contribution is 2.21. The summed E-state index contributed by atoms with van der Waals surface area (Å²) in [6, 6.07) is 8.91. The molecule has 0 saturated carbocycles. The Morgan fingerprint density at radius 2 is 2.11 bits per heavy atom. The fraction of sp³-hybridized carbons (Fsp3) is 0.231. The molecule has 0 fully saturated rings. The highest BCUT2D eigenvalue weighted by atomic mass is 16.5. The second kappa shape index (κ2) is 5.35. The lowest BCUT2D eigenvalue weighted by atomic mass is 10.1. The lowest BCUT2D eigenvalue weighted by Gasteiger charge is -2.04. The minimum Gasteiger partial charge on any atom is -0.494 e. The van der Waals surface area contributed by atoms with Crippen LogP contribution in [-0.4, -0.2) is 27.9 Å². The Morgan fingerprint density at radius 3 is 2.67 bits per heavy atom. The summed E-state index contributed by atoms with van der Waals surface area (Å²) in [7, 11) is 0. The van der Waals surface area contributed by atoms with E-state index in [9.17, 15) is 4.79 Å². The van der Waals surface area contributed by atoms with Crippen LogP contribution in [0.5, 0.6) is 5.75 Å². The maximum Gasteiger partial charge on any atom is 0.353 e. The van der Waals surface area contributed by atoms with Crippen LogP contribution < -0.4 is 4.74 Å². The molecule has 0 radical (unpaired) electrons. The molecular weight excluding hydrogens is 232 g/mol. The molecule has 5 heteroatoms. The highest BCUT2D eigenvalue weighted by molar-refractivity contribution is 5.86. The van der Waals surface area contributed by atoms with Gasteiger partial charge in [0.05, 0.1) is 12.3 Å². The van der Waals surface area contributed by atoms with Crippen molar-refractivity contribution in [3.8, 4) is 17.0 Å². The molecule has 0 unspecified atom stereocenters. The Balaban J connectivity index is 2.15. The molecule has 1 heterocycles. The number of H-pyrrole nitrogens is 1. The monoisotopic (exact) mass is 246 g/mol. The molecule has 18 heavy (non-hydrogen) atoms. The second-order valence-corrected chi connectivity index (χ2v) is 3.84. The zero-order valence-corrected chi connectivity index (χ0v) is 10.0. The van der Waals surface area contributed by atoms with Crippen molar-refractivity contribution in [2.24, 2.45) is 0 Å². The lowest BCUT2D eigenvalue weighted by molar-refractivity contribution is 0.0690. The van der Waals surface area contributed by atoms with Gasteiger partial charge in [-0.25, -0.2) is 4.79 Å². The summed E-state index contributed by atoms with van der Waals surface area (Å²) in [4.78, 5) is 10.7. The van der Waals surface area contributed by atoms with Crippen LogP contribution in [0.15, 0.2) is 30.3 Å². The van der Waals surface area contributed by atoms with E-state index < -0.39 is 5.97 Å². The van der Waals surface area contributed by atoms with Gasteiger partial charge in [0, 0.05) is 5.56 Å². The van der Waals surface area contributed by atoms with Gasteiger partial charge in [0.2, 0.25) is 0 Å². The number of ether oxygens (including phenoxy) is 1. The van der Waals surface area contributed by atoms with Crippen molar-refractivity contribution in [2.75, 3.05) is 6.61 Å². The number of aromatic amines is 1. The topological polar surface area (TPSA) is 75.2 Å². The van der Waals surface area contributed by atoms with Crippen LogP contribution in [0, 0.1) is 0 Å².